The minimum atomic E-state index is -1.16. The topological polar surface area (TPSA) is 108 Å². The number of thioether (sulfide) groups is 1. The lowest BCUT2D eigenvalue weighted by atomic mass is 10.1. The van der Waals surface area contributed by atoms with Gasteiger partial charge in [-0.2, -0.15) is 0 Å². The quantitative estimate of drug-likeness (QED) is 0.291. The Hall–Kier alpha value is -3.69. The maximum atomic E-state index is 12.6. The third-order valence-corrected chi connectivity index (χ3v) is 7.26. The zero-order valence-electron chi connectivity index (χ0n) is 18.4. The summed E-state index contributed by atoms with van der Waals surface area (Å²) in [6.45, 7) is 3.92. The van der Waals surface area contributed by atoms with Gasteiger partial charge in [-0.05, 0) is 55.3 Å². The molecule has 3 aromatic carbocycles. The number of nitrogens with one attached hydrogen (secondary N) is 2. The summed E-state index contributed by atoms with van der Waals surface area (Å²) in [6.07, 6.45) is 0. The third-order valence-electron chi connectivity index (χ3n) is 5.10. The number of thiazole rings is 1. The Morgan fingerprint density at radius 2 is 1.65 bits per heavy atom. The van der Waals surface area contributed by atoms with Crippen LogP contribution in [0.15, 0.2) is 65.0 Å². The van der Waals surface area contributed by atoms with E-state index in [1.54, 1.807) is 30.3 Å². The van der Waals surface area contributed by atoms with Crippen molar-refractivity contribution in [3.05, 3.63) is 82.9 Å². The number of rotatable bonds is 7. The number of aromatic carboxylic acids is 1. The number of fused-ring (bicyclic) bond motifs is 1. The van der Waals surface area contributed by atoms with E-state index in [0.717, 1.165) is 31.4 Å². The van der Waals surface area contributed by atoms with Crippen molar-refractivity contribution < 1.29 is 19.5 Å². The van der Waals surface area contributed by atoms with Gasteiger partial charge in [-0.1, -0.05) is 42.1 Å². The first-order valence-electron chi connectivity index (χ1n) is 10.3. The van der Waals surface area contributed by atoms with Crippen LogP contribution in [-0.2, 0) is 4.79 Å². The van der Waals surface area contributed by atoms with Crippen LogP contribution in [0.3, 0.4) is 0 Å². The van der Waals surface area contributed by atoms with Gasteiger partial charge >= 0.3 is 5.97 Å². The van der Waals surface area contributed by atoms with Gasteiger partial charge in [0.25, 0.3) is 5.91 Å². The minimum absolute atomic E-state index is 0.0586. The van der Waals surface area contributed by atoms with Crippen LogP contribution < -0.4 is 10.6 Å². The second kappa shape index (κ2) is 10.1. The van der Waals surface area contributed by atoms with Gasteiger partial charge in [-0.25, -0.2) is 9.78 Å². The number of carboxylic acid groups (broad SMARTS) is 1. The summed E-state index contributed by atoms with van der Waals surface area (Å²) in [7, 11) is 0. The molecule has 1 aromatic heterocycles. The van der Waals surface area contributed by atoms with E-state index in [1.165, 1.54) is 35.2 Å². The highest BCUT2D eigenvalue weighted by molar-refractivity contribution is 8.01. The van der Waals surface area contributed by atoms with E-state index < -0.39 is 11.9 Å². The summed E-state index contributed by atoms with van der Waals surface area (Å²) in [5.74, 6) is -1.54. The van der Waals surface area contributed by atoms with E-state index in [2.05, 4.69) is 15.6 Å². The minimum Gasteiger partial charge on any atom is -0.478 e. The van der Waals surface area contributed by atoms with Crippen molar-refractivity contribution in [2.75, 3.05) is 16.4 Å². The first-order chi connectivity index (χ1) is 16.3. The van der Waals surface area contributed by atoms with Gasteiger partial charge < -0.3 is 15.7 Å². The van der Waals surface area contributed by atoms with Crippen molar-refractivity contribution in [2.45, 2.75) is 18.2 Å². The Kier molecular flexibility index (Phi) is 6.95. The molecule has 4 rings (SSSR count). The van der Waals surface area contributed by atoms with Crippen LogP contribution in [0.1, 0.15) is 31.8 Å². The lowest BCUT2D eigenvalue weighted by Crippen LogP contribution is -2.16. The number of carbonyl (C=O) groups excluding carboxylic acids is 2. The number of amides is 2. The molecule has 0 aliphatic carbocycles. The molecule has 0 unspecified atom stereocenters. The Balaban J connectivity index is 1.43. The summed E-state index contributed by atoms with van der Waals surface area (Å²) in [4.78, 5) is 41.0. The Morgan fingerprint density at radius 1 is 0.941 bits per heavy atom. The average Bonchev–Trinajstić information content (AvgIpc) is 3.22. The zero-order valence-corrected chi connectivity index (χ0v) is 20.0. The fourth-order valence-corrected chi connectivity index (χ4v) is 5.33. The second-order valence-electron chi connectivity index (χ2n) is 7.57. The van der Waals surface area contributed by atoms with Crippen LogP contribution in [0.5, 0.6) is 0 Å². The second-order valence-corrected chi connectivity index (χ2v) is 9.82. The number of hydrogen-bond donors (Lipinski definition) is 3. The van der Waals surface area contributed by atoms with Crippen molar-refractivity contribution >= 4 is 62.5 Å². The molecule has 0 atom stereocenters. The van der Waals surface area contributed by atoms with Crippen molar-refractivity contribution in [3.63, 3.8) is 0 Å². The van der Waals surface area contributed by atoms with Gasteiger partial charge in [0.05, 0.1) is 27.1 Å². The molecule has 0 spiro atoms. The molecule has 2 amide bonds. The number of carbonyl (C=O) groups is 3. The van der Waals surface area contributed by atoms with Gasteiger partial charge in [-0.3, -0.25) is 9.59 Å². The maximum absolute atomic E-state index is 12.6. The highest BCUT2D eigenvalue weighted by atomic mass is 32.2. The summed E-state index contributed by atoms with van der Waals surface area (Å²) < 4.78 is 1.59. The molecule has 34 heavy (non-hydrogen) atoms. The number of anilines is 2. The summed E-state index contributed by atoms with van der Waals surface area (Å²) in [6, 6.07) is 17.2. The van der Waals surface area contributed by atoms with E-state index >= 15 is 0 Å². The SMILES string of the molecule is Cc1cccc(C)c1NC(=O)CSc1nc2ccc(NC(=O)c3ccccc3C(=O)O)cc2s1. The largest absolute Gasteiger partial charge is 0.478 e. The molecule has 9 heteroatoms. The number of nitrogens with zero attached hydrogens (tertiary/aromatic N) is 1. The third kappa shape index (κ3) is 5.27. The smallest absolute Gasteiger partial charge is 0.336 e. The van der Waals surface area contributed by atoms with Crippen LogP contribution in [0.25, 0.3) is 10.2 Å². The van der Waals surface area contributed by atoms with E-state index in [4.69, 9.17) is 0 Å². The molecule has 172 valence electrons. The molecule has 0 aliphatic rings. The number of benzene rings is 3. The van der Waals surface area contributed by atoms with E-state index in [-0.39, 0.29) is 22.8 Å². The Labute approximate surface area is 204 Å². The van der Waals surface area contributed by atoms with Crippen LogP contribution in [0.4, 0.5) is 11.4 Å². The van der Waals surface area contributed by atoms with Crippen LogP contribution in [0, 0.1) is 13.8 Å². The molecule has 0 aliphatic heterocycles. The lowest BCUT2D eigenvalue weighted by Gasteiger charge is -2.10. The molecule has 3 N–H and O–H groups in total. The normalized spacial score (nSPS) is 10.8. The Bertz CT molecular complexity index is 1390. The molecular weight excluding hydrogens is 470 g/mol. The van der Waals surface area contributed by atoms with Crippen LogP contribution in [-0.4, -0.2) is 33.6 Å². The number of para-hydroxylation sites is 1. The molecular formula is C25H21N3O4S2. The predicted molar refractivity (Wildman–Crippen MR) is 136 cm³/mol. The summed E-state index contributed by atoms with van der Waals surface area (Å²) >= 11 is 2.77. The van der Waals surface area contributed by atoms with Gasteiger partial charge in [0, 0.05) is 11.4 Å². The van der Waals surface area contributed by atoms with Crippen LogP contribution in [0.2, 0.25) is 0 Å². The van der Waals surface area contributed by atoms with Crippen molar-refractivity contribution in [1.82, 2.24) is 4.98 Å². The molecule has 7 nitrogen and oxygen atoms in total. The molecule has 0 radical (unpaired) electrons. The van der Waals surface area contributed by atoms with Gasteiger partial charge in [0.2, 0.25) is 5.91 Å². The summed E-state index contributed by atoms with van der Waals surface area (Å²) in [5.41, 5.74) is 4.18. The van der Waals surface area contributed by atoms with Gasteiger partial charge in [0.1, 0.15) is 0 Å². The van der Waals surface area contributed by atoms with E-state index in [9.17, 15) is 19.5 Å². The first kappa shape index (κ1) is 23.5. The number of carboxylic acids is 1. The highest BCUT2D eigenvalue weighted by Crippen LogP contribution is 2.32. The molecule has 1 heterocycles. The van der Waals surface area contributed by atoms with Crippen molar-refractivity contribution in [2.24, 2.45) is 0 Å². The van der Waals surface area contributed by atoms with E-state index in [1.807, 2.05) is 32.0 Å². The van der Waals surface area contributed by atoms with Crippen molar-refractivity contribution in [1.29, 1.82) is 0 Å². The average molecular weight is 492 g/mol. The monoisotopic (exact) mass is 491 g/mol. The molecule has 0 bridgehead atoms. The summed E-state index contributed by atoms with van der Waals surface area (Å²) in [5, 5.41) is 15.0. The predicted octanol–water partition coefficient (Wildman–Crippen LogP) is 5.59. The number of aryl methyl sites for hydroxylation is 2. The molecule has 0 saturated heterocycles. The zero-order chi connectivity index (χ0) is 24.2. The number of aromatic nitrogens is 1. The van der Waals surface area contributed by atoms with Crippen LogP contribution >= 0.6 is 23.1 Å². The van der Waals surface area contributed by atoms with Gasteiger partial charge in [-0.15, -0.1) is 11.3 Å². The molecule has 0 saturated carbocycles. The van der Waals surface area contributed by atoms with Crippen molar-refractivity contribution in [3.8, 4) is 0 Å². The number of hydrogen-bond acceptors (Lipinski definition) is 6. The van der Waals surface area contributed by atoms with Gasteiger partial charge in [0.15, 0.2) is 4.34 Å². The maximum Gasteiger partial charge on any atom is 0.336 e. The molecule has 0 fully saturated rings. The van der Waals surface area contributed by atoms with E-state index in [0.29, 0.717) is 5.69 Å². The fourth-order valence-electron chi connectivity index (χ4n) is 3.42. The lowest BCUT2D eigenvalue weighted by molar-refractivity contribution is -0.113. The fraction of sp³-hybridized carbons (Fsp3) is 0.120. The Morgan fingerprint density at radius 3 is 2.35 bits per heavy atom. The first-order valence-corrected chi connectivity index (χ1v) is 12.1. The molecule has 4 aromatic rings. The highest BCUT2D eigenvalue weighted by Gasteiger charge is 2.16. The standard InChI is InChI=1S/C25H21N3O4S2/c1-14-6-5-7-15(2)22(14)28-21(29)13-33-25-27-19-11-10-16(12-20(19)34-25)26-23(30)17-8-3-4-9-18(17)24(31)32/h3-12H,13H2,1-2H3,(H,26,30)(H,28,29)(H,31,32).